The normalized spacial score (nSPS) is 35.6. The van der Waals surface area contributed by atoms with Gasteiger partial charge >= 0.3 is 0 Å². The van der Waals surface area contributed by atoms with E-state index in [9.17, 15) is 0 Å². The van der Waals surface area contributed by atoms with Gasteiger partial charge in [0.05, 0.1) is 0 Å². The van der Waals surface area contributed by atoms with E-state index < -0.39 is 0 Å². The van der Waals surface area contributed by atoms with E-state index in [0.29, 0.717) is 0 Å². The van der Waals surface area contributed by atoms with Gasteiger partial charge in [0.2, 0.25) is 0 Å². The molecule has 1 nitrogen and oxygen atoms in total. The molecule has 0 aromatic rings. The van der Waals surface area contributed by atoms with E-state index in [1.54, 1.807) is 0 Å². The molecule has 2 unspecified atom stereocenters. The van der Waals surface area contributed by atoms with Crippen molar-refractivity contribution in [1.29, 1.82) is 0 Å². The molecule has 2 aliphatic carbocycles. The lowest BCUT2D eigenvalue weighted by atomic mass is 9.97. The van der Waals surface area contributed by atoms with E-state index in [4.69, 9.17) is 0 Å². The molecule has 16 heavy (non-hydrogen) atoms. The second-order valence-electron chi connectivity index (χ2n) is 6.07. The molecule has 2 heteroatoms. The van der Waals surface area contributed by atoms with Gasteiger partial charge in [-0.1, -0.05) is 6.92 Å². The van der Waals surface area contributed by atoms with Crippen molar-refractivity contribution in [3.05, 3.63) is 0 Å². The molecule has 0 radical (unpaired) electrons. The molecule has 3 rings (SSSR count). The minimum Gasteiger partial charge on any atom is -0.313 e. The van der Waals surface area contributed by atoms with Crippen molar-refractivity contribution in [2.24, 2.45) is 17.8 Å². The number of thioether (sulfide) groups is 1. The average molecular weight is 239 g/mol. The van der Waals surface area contributed by atoms with Gasteiger partial charge in [-0.2, -0.15) is 11.8 Å². The fourth-order valence-electron chi connectivity index (χ4n) is 3.25. The third-order valence-corrected chi connectivity index (χ3v) is 6.06. The molecule has 0 spiro atoms. The zero-order valence-electron chi connectivity index (χ0n) is 10.5. The van der Waals surface area contributed by atoms with Crippen LogP contribution in [0.1, 0.15) is 45.4 Å². The molecule has 1 heterocycles. The van der Waals surface area contributed by atoms with Crippen LogP contribution in [-0.4, -0.2) is 23.6 Å². The summed E-state index contributed by atoms with van der Waals surface area (Å²) in [5, 5.41) is 4.73. The van der Waals surface area contributed by atoms with Gasteiger partial charge < -0.3 is 5.32 Å². The lowest BCUT2D eigenvalue weighted by molar-refractivity contribution is 0.343. The van der Waals surface area contributed by atoms with Crippen LogP contribution in [0.15, 0.2) is 0 Å². The highest BCUT2D eigenvalue weighted by atomic mass is 32.2. The van der Waals surface area contributed by atoms with Crippen LogP contribution >= 0.6 is 11.8 Å². The summed E-state index contributed by atoms with van der Waals surface area (Å²) >= 11 is 2.16. The predicted molar refractivity (Wildman–Crippen MR) is 71.9 cm³/mol. The minimum absolute atomic E-state index is 0.804. The smallest absolute Gasteiger partial charge is 0.0184 e. The third kappa shape index (κ3) is 2.76. The van der Waals surface area contributed by atoms with Gasteiger partial charge in [-0.3, -0.25) is 0 Å². The van der Waals surface area contributed by atoms with Crippen molar-refractivity contribution in [3.63, 3.8) is 0 Å². The van der Waals surface area contributed by atoms with Crippen LogP contribution in [-0.2, 0) is 0 Å². The Bertz CT molecular complexity index is 223. The zero-order chi connectivity index (χ0) is 11.0. The molecule has 2 atom stereocenters. The standard InChI is InChI=1S/C14H25NS/c1-10-14(3-2-8-16-10)15-9-13(11-4-5-11)12-6-7-12/h10-15H,2-9H2,1H3. The van der Waals surface area contributed by atoms with E-state index in [1.807, 2.05) is 0 Å². The fraction of sp³-hybridized carbons (Fsp3) is 1.00. The van der Waals surface area contributed by atoms with Crippen LogP contribution in [0.5, 0.6) is 0 Å². The van der Waals surface area contributed by atoms with E-state index in [0.717, 1.165) is 29.0 Å². The van der Waals surface area contributed by atoms with E-state index in [2.05, 4.69) is 24.0 Å². The Labute approximate surface area is 104 Å². The largest absolute Gasteiger partial charge is 0.313 e. The minimum atomic E-state index is 0.804. The summed E-state index contributed by atoms with van der Waals surface area (Å²) in [5.74, 6) is 4.63. The molecular formula is C14H25NS. The highest BCUT2D eigenvalue weighted by molar-refractivity contribution is 7.99. The Balaban J connectivity index is 1.46. The van der Waals surface area contributed by atoms with Crippen LogP contribution in [0.25, 0.3) is 0 Å². The van der Waals surface area contributed by atoms with E-state index in [1.165, 1.54) is 50.8 Å². The highest BCUT2D eigenvalue weighted by Crippen LogP contribution is 2.48. The molecule has 3 fully saturated rings. The van der Waals surface area contributed by atoms with Crippen LogP contribution < -0.4 is 5.32 Å². The Morgan fingerprint density at radius 1 is 1.12 bits per heavy atom. The van der Waals surface area contributed by atoms with Gasteiger partial charge in [0, 0.05) is 11.3 Å². The molecule has 1 aliphatic heterocycles. The number of rotatable bonds is 5. The number of hydrogen-bond acceptors (Lipinski definition) is 2. The van der Waals surface area contributed by atoms with Crippen molar-refractivity contribution < 1.29 is 0 Å². The second kappa shape index (κ2) is 4.89. The van der Waals surface area contributed by atoms with Crippen molar-refractivity contribution >= 4 is 11.8 Å². The summed E-state index contributed by atoms with van der Waals surface area (Å²) in [6.07, 6.45) is 8.94. The SMILES string of the molecule is CC1SCCCC1NCC(C1CC1)C1CC1. The lowest BCUT2D eigenvalue weighted by Gasteiger charge is -2.31. The maximum Gasteiger partial charge on any atom is 0.0184 e. The maximum absolute atomic E-state index is 3.89. The third-order valence-electron chi connectivity index (χ3n) is 4.68. The maximum atomic E-state index is 3.89. The first-order valence-electron chi connectivity index (χ1n) is 7.19. The molecule has 1 saturated heterocycles. The monoisotopic (exact) mass is 239 g/mol. The van der Waals surface area contributed by atoms with Crippen molar-refractivity contribution in [2.45, 2.75) is 56.7 Å². The van der Waals surface area contributed by atoms with Crippen LogP contribution in [0.2, 0.25) is 0 Å². The fourth-order valence-corrected chi connectivity index (χ4v) is 4.42. The predicted octanol–water partition coefficient (Wildman–Crippen LogP) is 3.30. The van der Waals surface area contributed by atoms with Crippen molar-refractivity contribution in [2.75, 3.05) is 12.3 Å². The summed E-state index contributed by atoms with van der Waals surface area (Å²) in [7, 11) is 0. The molecular weight excluding hydrogens is 214 g/mol. The van der Waals surface area contributed by atoms with Gasteiger partial charge in [0.25, 0.3) is 0 Å². The second-order valence-corrected chi connectivity index (χ2v) is 7.56. The van der Waals surface area contributed by atoms with Gasteiger partial charge in [0.1, 0.15) is 0 Å². The van der Waals surface area contributed by atoms with Crippen LogP contribution in [0.4, 0.5) is 0 Å². The molecule has 2 saturated carbocycles. The molecule has 3 aliphatic rings. The van der Waals surface area contributed by atoms with E-state index >= 15 is 0 Å². The Kier molecular flexibility index (Phi) is 3.49. The molecule has 1 N–H and O–H groups in total. The first-order valence-corrected chi connectivity index (χ1v) is 8.24. The Morgan fingerprint density at radius 3 is 2.38 bits per heavy atom. The summed E-state index contributed by atoms with van der Waals surface area (Å²) < 4.78 is 0. The zero-order valence-corrected chi connectivity index (χ0v) is 11.3. The molecule has 0 aromatic heterocycles. The van der Waals surface area contributed by atoms with Crippen LogP contribution in [0, 0.1) is 17.8 Å². The first kappa shape index (κ1) is 11.4. The average Bonchev–Trinajstić information content (AvgIpc) is 3.15. The van der Waals surface area contributed by atoms with Crippen LogP contribution in [0.3, 0.4) is 0 Å². The summed E-state index contributed by atoms with van der Waals surface area (Å²) in [6.45, 7) is 3.73. The number of nitrogens with one attached hydrogen (secondary N) is 1. The van der Waals surface area contributed by atoms with Crippen molar-refractivity contribution in [1.82, 2.24) is 5.32 Å². The summed E-state index contributed by atoms with van der Waals surface area (Å²) in [5.41, 5.74) is 0. The molecule has 0 bridgehead atoms. The Morgan fingerprint density at radius 2 is 1.81 bits per heavy atom. The summed E-state index contributed by atoms with van der Waals surface area (Å²) in [4.78, 5) is 0. The molecule has 0 aromatic carbocycles. The Hall–Kier alpha value is 0.310. The number of hydrogen-bond donors (Lipinski definition) is 1. The quantitative estimate of drug-likeness (QED) is 0.790. The van der Waals surface area contributed by atoms with Crippen molar-refractivity contribution in [3.8, 4) is 0 Å². The summed E-state index contributed by atoms with van der Waals surface area (Å²) in [6, 6.07) is 0.804. The molecule has 92 valence electrons. The van der Waals surface area contributed by atoms with Gasteiger partial charge in [-0.15, -0.1) is 0 Å². The van der Waals surface area contributed by atoms with E-state index in [-0.39, 0.29) is 0 Å². The first-order chi connectivity index (χ1) is 7.84. The molecule has 0 amide bonds. The van der Waals surface area contributed by atoms with Gasteiger partial charge in [-0.05, 0) is 68.6 Å². The van der Waals surface area contributed by atoms with Gasteiger partial charge in [0.15, 0.2) is 0 Å². The topological polar surface area (TPSA) is 12.0 Å². The van der Waals surface area contributed by atoms with Gasteiger partial charge in [-0.25, -0.2) is 0 Å². The lowest BCUT2D eigenvalue weighted by Crippen LogP contribution is -2.42. The highest BCUT2D eigenvalue weighted by Gasteiger charge is 2.41.